The highest BCUT2D eigenvalue weighted by Gasteiger charge is 2.18. The number of rotatable bonds is 5. The number of benzene rings is 1. The van der Waals surface area contributed by atoms with E-state index < -0.39 is 0 Å². The van der Waals surface area contributed by atoms with Crippen molar-refractivity contribution in [2.75, 3.05) is 6.54 Å². The highest BCUT2D eigenvalue weighted by molar-refractivity contribution is 9.10. The third-order valence-corrected chi connectivity index (χ3v) is 5.06. The van der Waals surface area contributed by atoms with Crippen molar-refractivity contribution in [2.45, 2.75) is 26.3 Å². The zero-order chi connectivity index (χ0) is 13.8. The summed E-state index contributed by atoms with van der Waals surface area (Å²) in [7, 11) is 0. The van der Waals surface area contributed by atoms with E-state index >= 15 is 0 Å². The quantitative estimate of drug-likeness (QED) is 0.737. The van der Waals surface area contributed by atoms with Gasteiger partial charge in [0.1, 0.15) is 0 Å². The van der Waals surface area contributed by atoms with Crippen molar-refractivity contribution in [3.05, 3.63) is 55.1 Å². The highest BCUT2D eigenvalue weighted by atomic mass is 79.9. The smallest absolute Gasteiger partial charge is 0.0683 e. The Morgan fingerprint density at radius 2 is 2.16 bits per heavy atom. The second-order valence-corrected chi connectivity index (χ2v) is 6.82. The molecule has 1 unspecified atom stereocenters. The number of thiophene rings is 1. The van der Waals surface area contributed by atoms with Crippen LogP contribution in [0.15, 0.2) is 34.1 Å². The summed E-state index contributed by atoms with van der Waals surface area (Å²) in [4.78, 5) is 1.30. The second kappa shape index (κ2) is 6.89. The van der Waals surface area contributed by atoms with Gasteiger partial charge < -0.3 is 5.32 Å². The van der Waals surface area contributed by atoms with Crippen molar-refractivity contribution in [1.82, 2.24) is 5.32 Å². The molecule has 1 heterocycles. The second-order valence-electron chi connectivity index (χ2n) is 4.58. The lowest BCUT2D eigenvalue weighted by Gasteiger charge is -2.19. The molecule has 2 rings (SSSR count). The monoisotopic (exact) mass is 357 g/mol. The molecule has 1 atom stereocenters. The van der Waals surface area contributed by atoms with Gasteiger partial charge in [-0.15, -0.1) is 11.3 Å². The molecule has 1 N–H and O–H groups in total. The molecule has 0 fully saturated rings. The summed E-state index contributed by atoms with van der Waals surface area (Å²) < 4.78 is 1.16. The van der Waals surface area contributed by atoms with Gasteiger partial charge in [-0.05, 0) is 70.5 Å². The first kappa shape index (κ1) is 15.0. The van der Waals surface area contributed by atoms with Crippen LogP contribution in [0, 0.1) is 6.92 Å². The van der Waals surface area contributed by atoms with Crippen LogP contribution in [0.2, 0.25) is 5.02 Å². The van der Waals surface area contributed by atoms with Crippen LogP contribution in [-0.2, 0) is 0 Å². The van der Waals surface area contributed by atoms with Crippen LogP contribution in [-0.4, -0.2) is 6.54 Å². The Morgan fingerprint density at radius 3 is 2.74 bits per heavy atom. The van der Waals surface area contributed by atoms with E-state index in [1.165, 1.54) is 16.0 Å². The molecule has 19 heavy (non-hydrogen) atoms. The van der Waals surface area contributed by atoms with E-state index in [0.717, 1.165) is 22.5 Å². The summed E-state index contributed by atoms with van der Waals surface area (Å²) in [6.45, 7) is 5.24. The van der Waals surface area contributed by atoms with E-state index in [9.17, 15) is 0 Å². The molecule has 1 aromatic heterocycles. The molecule has 0 bridgehead atoms. The molecule has 0 aliphatic carbocycles. The lowest BCUT2D eigenvalue weighted by Crippen LogP contribution is -2.22. The minimum Gasteiger partial charge on any atom is -0.306 e. The first-order valence-corrected chi connectivity index (χ1v) is 8.40. The third kappa shape index (κ3) is 3.82. The molecule has 0 aliphatic rings. The maximum atomic E-state index is 6.19. The minimum atomic E-state index is 0.201. The van der Waals surface area contributed by atoms with Gasteiger partial charge in [0.25, 0.3) is 0 Å². The summed E-state index contributed by atoms with van der Waals surface area (Å²) in [5.41, 5.74) is 2.42. The Kier molecular flexibility index (Phi) is 5.46. The zero-order valence-corrected chi connectivity index (χ0v) is 14.2. The molecule has 0 amide bonds. The maximum absolute atomic E-state index is 6.19. The standard InChI is InChI=1S/C15H17BrClNS/c1-3-5-18-14(15-13(16)4-6-19-15)11-7-10(2)8-12(17)9-11/h4,6-9,14,18H,3,5H2,1-2H3. The Morgan fingerprint density at radius 1 is 1.37 bits per heavy atom. The fourth-order valence-electron chi connectivity index (χ4n) is 2.09. The van der Waals surface area contributed by atoms with Crippen molar-refractivity contribution < 1.29 is 0 Å². The first-order chi connectivity index (χ1) is 9.11. The molecular formula is C15H17BrClNS. The Balaban J connectivity index is 2.39. The van der Waals surface area contributed by atoms with E-state index in [4.69, 9.17) is 11.6 Å². The van der Waals surface area contributed by atoms with Gasteiger partial charge in [0.2, 0.25) is 0 Å². The Labute approximate surface area is 132 Å². The molecule has 102 valence electrons. The molecule has 2 aromatic rings. The van der Waals surface area contributed by atoms with Crippen LogP contribution in [0.3, 0.4) is 0 Å². The summed E-state index contributed by atoms with van der Waals surface area (Å²) >= 11 is 11.6. The molecule has 0 spiro atoms. The SMILES string of the molecule is CCCNC(c1cc(C)cc(Cl)c1)c1sccc1Br. The van der Waals surface area contributed by atoms with Gasteiger partial charge in [-0.3, -0.25) is 0 Å². The highest BCUT2D eigenvalue weighted by Crippen LogP contribution is 2.34. The van der Waals surface area contributed by atoms with Gasteiger partial charge >= 0.3 is 0 Å². The van der Waals surface area contributed by atoms with Crippen LogP contribution in [0.5, 0.6) is 0 Å². The maximum Gasteiger partial charge on any atom is 0.0683 e. The molecule has 0 saturated heterocycles. The van der Waals surface area contributed by atoms with Crippen molar-refractivity contribution in [3.8, 4) is 0 Å². The van der Waals surface area contributed by atoms with Crippen molar-refractivity contribution in [1.29, 1.82) is 0 Å². The molecule has 0 aliphatic heterocycles. The van der Waals surface area contributed by atoms with Gasteiger partial charge in [-0.25, -0.2) is 0 Å². The van der Waals surface area contributed by atoms with Crippen molar-refractivity contribution >= 4 is 38.9 Å². The molecular weight excluding hydrogens is 342 g/mol. The summed E-state index contributed by atoms with van der Waals surface area (Å²) in [5, 5.41) is 6.51. The zero-order valence-electron chi connectivity index (χ0n) is 11.0. The van der Waals surface area contributed by atoms with Crippen LogP contribution in [0.1, 0.15) is 35.4 Å². The number of aryl methyl sites for hydroxylation is 1. The molecule has 4 heteroatoms. The lowest BCUT2D eigenvalue weighted by atomic mass is 10.0. The van der Waals surface area contributed by atoms with Gasteiger partial charge in [-0.1, -0.05) is 24.6 Å². The lowest BCUT2D eigenvalue weighted by molar-refractivity contribution is 0.604. The fraction of sp³-hybridized carbons (Fsp3) is 0.333. The molecule has 0 saturated carbocycles. The summed E-state index contributed by atoms with van der Waals surface area (Å²) in [5.74, 6) is 0. The normalized spacial score (nSPS) is 12.6. The van der Waals surface area contributed by atoms with Crippen LogP contribution in [0.25, 0.3) is 0 Å². The summed E-state index contributed by atoms with van der Waals surface area (Å²) in [6.07, 6.45) is 1.11. The van der Waals surface area contributed by atoms with Crippen molar-refractivity contribution in [3.63, 3.8) is 0 Å². The van der Waals surface area contributed by atoms with Gasteiger partial charge in [0.15, 0.2) is 0 Å². The largest absolute Gasteiger partial charge is 0.306 e. The first-order valence-electron chi connectivity index (χ1n) is 6.35. The topological polar surface area (TPSA) is 12.0 Å². The summed E-state index contributed by atoms with van der Waals surface area (Å²) in [6, 6.07) is 8.54. The Hall–Kier alpha value is -0.350. The molecule has 1 aromatic carbocycles. The van der Waals surface area contributed by atoms with E-state index in [1.54, 1.807) is 11.3 Å². The van der Waals surface area contributed by atoms with Gasteiger partial charge in [-0.2, -0.15) is 0 Å². The third-order valence-electron chi connectivity index (χ3n) is 2.90. The van der Waals surface area contributed by atoms with E-state index in [-0.39, 0.29) is 6.04 Å². The predicted molar refractivity (Wildman–Crippen MR) is 88.3 cm³/mol. The van der Waals surface area contributed by atoms with Gasteiger partial charge in [0.05, 0.1) is 6.04 Å². The molecule has 0 radical (unpaired) electrons. The number of hydrogen-bond acceptors (Lipinski definition) is 2. The molecule has 1 nitrogen and oxygen atoms in total. The fourth-order valence-corrected chi connectivity index (χ4v) is 4.09. The minimum absolute atomic E-state index is 0.201. The van der Waals surface area contributed by atoms with Crippen LogP contribution in [0.4, 0.5) is 0 Å². The average Bonchev–Trinajstić information content (AvgIpc) is 2.75. The number of hydrogen-bond donors (Lipinski definition) is 1. The van der Waals surface area contributed by atoms with E-state index in [2.05, 4.69) is 52.6 Å². The number of nitrogens with one attached hydrogen (secondary N) is 1. The predicted octanol–water partition coefficient (Wildman–Crippen LogP) is 5.56. The van der Waals surface area contributed by atoms with Crippen LogP contribution >= 0.6 is 38.9 Å². The number of halogens is 2. The van der Waals surface area contributed by atoms with E-state index in [1.807, 2.05) is 12.1 Å². The van der Waals surface area contributed by atoms with Crippen molar-refractivity contribution in [2.24, 2.45) is 0 Å². The average molecular weight is 359 g/mol. The van der Waals surface area contributed by atoms with Crippen LogP contribution < -0.4 is 5.32 Å². The Bertz CT molecular complexity index is 533. The van der Waals surface area contributed by atoms with E-state index in [0.29, 0.717) is 0 Å². The van der Waals surface area contributed by atoms with Gasteiger partial charge in [0, 0.05) is 14.4 Å².